The fourth-order valence-electron chi connectivity index (χ4n) is 0.540. The number of halogens is 1. The maximum absolute atomic E-state index is 10.2. The first-order valence-electron chi connectivity index (χ1n) is 3.15. The van der Waals surface area contributed by atoms with Gasteiger partial charge in [-0.05, 0) is 19.3 Å². The zero-order chi connectivity index (χ0) is 7.98. The Kier molecular flexibility index (Phi) is 5.30. The second-order valence-electron chi connectivity index (χ2n) is 2.05. The summed E-state index contributed by atoms with van der Waals surface area (Å²) in [7, 11) is 0. The Labute approximate surface area is 69.1 Å². The van der Waals surface area contributed by atoms with Crippen LogP contribution in [0.4, 0.5) is 0 Å². The highest BCUT2D eigenvalue weighted by atomic mass is 79.9. The summed E-state index contributed by atoms with van der Waals surface area (Å²) in [6, 6.07) is 0. The molecule has 0 aromatic heterocycles. The molecule has 0 rings (SSSR count). The summed E-state index contributed by atoms with van der Waals surface area (Å²) in [5.74, 6) is -0.880. The number of hydrogen-bond donors (Lipinski definition) is 1. The number of hydrogen-bond acceptors (Lipinski definition) is 1. The summed E-state index contributed by atoms with van der Waals surface area (Å²) in [4.78, 5) is 10.2. The number of aliphatic carboxylic acids is 1. The van der Waals surface area contributed by atoms with Crippen LogP contribution in [0, 0.1) is 0 Å². The van der Waals surface area contributed by atoms with Gasteiger partial charge in [-0.25, -0.2) is 4.79 Å². The zero-order valence-corrected chi connectivity index (χ0v) is 7.35. The van der Waals surface area contributed by atoms with Crippen molar-refractivity contribution >= 4 is 21.9 Å². The van der Waals surface area contributed by atoms with Gasteiger partial charge in [0.2, 0.25) is 0 Å². The van der Waals surface area contributed by atoms with Crippen molar-refractivity contribution in [2.75, 3.05) is 5.33 Å². The molecule has 0 amide bonds. The second-order valence-corrected chi connectivity index (χ2v) is 2.85. The van der Waals surface area contributed by atoms with E-state index in [2.05, 4.69) is 22.5 Å². The third kappa shape index (κ3) is 4.56. The van der Waals surface area contributed by atoms with Gasteiger partial charge in [0.25, 0.3) is 0 Å². The van der Waals surface area contributed by atoms with E-state index in [0.29, 0.717) is 12.0 Å². The van der Waals surface area contributed by atoms with Gasteiger partial charge in [-0.2, -0.15) is 0 Å². The molecule has 0 saturated heterocycles. The van der Waals surface area contributed by atoms with Gasteiger partial charge in [0, 0.05) is 10.9 Å². The van der Waals surface area contributed by atoms with E-state index in [-0.39, 0.29) is 0 Å². The third-order valence-corrected chi connectivity index (χ3v) is 1.73. The number of carboxylic acid groups (broad SMARTS) is 1. The fourth-order valence-corrected chi connectivity index (χ4v) is 0.936. The first-order chi connectivity index (χ1) is 4.68. The van der Waals surface area contributed by atoms with Gasteiger partial charge in [-0.1, -0.05) is 22.5 Å². The molecule has 0 aromatic carbocycles. The number of rotatable bonds is 5. The van der Waals surface area contributed by atoms with Crippen molar-refractivity contribution < 1.29 is 9.90 Å². The number of carboxylic acids is 1. The van der Waals surface area contributed by atoms with Crippen LogP contribution in [0.25, 0.3) is 0 Å². The molecule has 0 heterocycles. The standard InChI is InChI=1S/C7H11BrO2/c1-6(7(9)10)4-2-3-5-8/h1-5H2,(H,9,10). The van der Waals surface area contributed by atoms with Crippen molar-refractivity contribution in [3.05, 3.63) is 12.2 Å². The van der Waals surface area contributed by atoms with Gasteiger partial charge in [-0.3, -0.25) is 0 Å². The van der Waals surface area contributed by atoms with Crippen molar-refractivity contribution in [1.82, 2.24) is 0 Å². The molecule has 0 spiro atoms. The summed E-state index contributed by atoms with van der Waals surface area (Å²) >= 11 is 3.26. The SMILES string of the molecule is C=C(CCCCBr)C(=O)O. The molecule has 0 aliphatic carbocycles. The molecule has 0 saturated carbocycles. The van der Waals surface area contributed by atoms with Crippen molar-refractivity contribution in [1.29, 1.82) is 0 Å². The van der Waals surface area contributed by atoms with E-state index in [1.165, 1.54) is 0 Å². The van der Waals surface area contributed by atoms with Crippen LogP contribution in [0.2, 0.25) is 0 Å². The summed E-state index contributed by atoms with van der Waals surface area (Å²) in [6.07, 6.45) is 2.50. The summed E-state index contributed by atoms with van der Waals surface area (Å²) in [6.45, 7) is 3.41. The minimum Gasteiger partial charge on any atom is -0.478 e. The number of alkyl halides is 1. The lowest BCUT2D eigenvalue weighted by Gasteiger charge is -1.96. The Morgan fingerprint density at radius 2 is 2.10 bits per heavy atom. The maximum atomic E-state index is 10.2. The highest BCUT2D eigenvalue weighted by molar-refractivity contribution is 9.09. The molecule has 0 aliphatic rings. The number of unbranched alkanes of at least 4 members (excludes halogenated alkanes) is 1. The van der Waals surface area contributed by atoms with Crippen molar-refractivity contribution in [3.8, 4) is 0 Å². The van der Waals surface area contributed by atoms with E-state index in [1.807, 2.05) is 0 Å². The average molecular weight is 207 g/mol. The maximum Gasteiger partial charge on any atom is 0.330 e. The molecule has 58 valence electrons. The van der Waals surface area contributed by atoms with Gasteiger partial charge in [0.05, 0.1) is 0 Å². The first-order valence-corrected chi connectivity index (χ1v) is 4.27. The molecule has 1 N–H and O–H groups in total. The molecular formula is C7H11BrO2. The first kappa shape index (κ1) is 9.69. The normalized spacial score (nSPS) is 9.30. The number of carbonyl (C=O) groups is 1. The molecule has 0 aromatic rings. The largest absolute Gasteiger partial charge is 0.478 e. The lowest BCUT2D eigenvalue weighted by molar-refractivity contribution is -0.132. The smallest absolute Gasteiger partial charge is 0.330 e. The summed E-state index contributed by atoms with van der Waals surface area (Å²) in [5.41, 5.74) is 0.306. The second kappa shape index (κ2) is 5.47. The average Bonchev–Trinajstić information content (AvgIpc) is 1.88. The molecule has 10 heavy (non-hydrogen) atoms. The van der Waals surface area contributed by atoms with Gasteiger partial charge in [-0.15, -0.1) is 0 Å². The minimum absolute atomic E-state index is 0.306. The Bertz CT molecular complexity index is 132. The molecule has 0 aliphatic heterocycles. The topological polar surface area (TPSA) is 37.3 Å². The molecule has 0 radical (unpaired) electrons. The van der Waals surface area contributed by atoms with E-state index in [1.54, 1.807) is 0 Å². The predicted molar refractivity (Wildman–Crippen MR) is 44.4 cm³/mol. The predicted octanol–water partition coefficient (Wildman–Crippen LogP) is 2.19. The van der Waals surface area contributed by atoms with Crippen LogP contribution in [-0.2, 0) is 4.79 Å². The fraction of sp³-hybridized carbons (Fsp3) is 0.571. The monoisotopic (exact) mass is 206 g/mol. The Morgan fingerprint density at radius 1 is 1.50 bits per heavy atom. The zero-order valence-electron chi connectivity index (χ0n) is 5.77. The molecule has 0 bridgehead atoms. The minimum atomic E-state index is -0.880. The van der Waals surface area contributed by atoms with Crippen molar-refractivity contribution in [2.24, 2.45) is 0 Å². The van der Waals surface area contributed by atoms with E-state index in [0.717, 1.165) is 18.2 Å². The van der Waals surface area contributed by atoms with Crippen LogP contribution in [0.15, 0.2) is 12.2 Å². The lowest BCUT2D eigenvalue weighted by atomic mass is 10.1. The van der Waals surface area contributed by atoms with E-state index >= 15 is 0 Å². The molecular weight excluding hydrogens is 196 g/mol. The van der Waals surface area contributed by atoms with E-state index in [9.17, 15) is 4.79 Å². The van der Waals surface area contributed by atoms with Gasteiger partial charge >= 0.3 is 5.97 Å². The quantitative estimate of drug-likeness (QED) is 0.426. The van der Waals surface area contributed by atoms with Crippen LogP contribution in [0.1, 0.15) is 19.3 Å². The van der Waals surface area contributed by atoms with Crippen LogP contribution in [0.3, 0.4) is 0 Å². The van der Waals surface area contributed by atoms with Crippen LogP contribution in [-0.4, -0.2) is 16.4 Å². The van der Waals surface area contributed by atoms with E-state index < -0.39 is 5.97 Å². The molecule has 3 heteroatoms. The lowest BCUT2D eigenvalue weighted by Crippen LogP contribution is -1.98. The highest BCUT2D eigenvalue weighted by Gasteiger charge is 2.01. The van der Waals surface area contributed by atoms with Gasteiger partial charge in [0.15, 0.2) is 0 Å². The van der Waals surface area contributed by atoms with Gasteiger partial charge < -0.3 is 5.11 Å². The highest BCUT2D eigenvalue weighted by Crippen LogP contribution is 2.05. The summed E-state index contributed by atoms with van der Waals surface area (Å²) < 4.78 is 0. The molecule has 0 fully saturated rings. The molecule has 0 atom stereocenters. The van der Waals surface area contributed by atoms with E-state index in [4.69, 9.17) is 5.11 Å². The van der Waals surface area contributed by atoms with Crippen LogP contribution in [0.5, 0.6) is 0 Å². The Hall–Kier alpha value is -0.310. The van der Waals surface area contributed by atoms with Crippen molar-refractivity contribution in [2.45, 2.75) is 19.3 Å². The summed E-state index contributed by atoms with van der Waals surface area (Å²) in [5, 5.41) is 9.30. The Morgan fingerprint density at radius 3 is 2.50 bits per heavy atom. The molecule has 0 unspecified atom stereocenters. The molecule has 2 nitrogen and oxygen atoms in total. The third-order valence-electron chi connectivity index (χ3n) is 1.16. The van der Waals surface area contributed by atoms with Crippen LogP contribution >= 0.6 is 15.9 Å². The van der Waals surface area contributed by atoms with Gasteiger partial charge in [0.1, 0.15) is 0 Å². The van der Waals surface area contributed by atoms with Crippen molar-refractivity contribution in [3.63, 3.8) is 0 Å². The van der Waals surface area contributed by atoms with Crippen LogP contribution < -0.4 is 0 Å². The Balaban J connectivity index is 3.31.